The maximum absolute atomic E-state index is 11.3. The van der Waals surface area contributed by atoms with E-state index in [4.69, 9.17) is 28.9 Å². The first-order chi connectivity index (χ1) is 10.0. The lowest BCUT2D eigenvalue weighted by molar-refractivity contribution is -0.142. The van der Waals surface area contributed by atoms with Gasteiger partial charge in [-0.3, -0.25) is 4.79 Å². The van der Waals surface area contributed by atoms with Gasteiger partial charge in [-0.05, 0) is 12.1 Å². The Labute approximate surface area is 132 Å². The average Bonchev–Trinajstić information content (AvgIpc) is 2.89. The van der Waals surface area contributed by atoms with Crippen LogP contribution in [0.5, 0.6) is 0 Å². The van der Waals surface area contributed by atoms with E-state index in [-0.39, 0.29) is 0 Å². The molecule has 0 saturated heterocycles. The summed E-state index contributed by atoms with van der Waals surface area (Å²) >= 11 is 12.3. The molecule has 1 atom stereocenters. The van der Waals surface area contributed by atoms with E-state index in [9.17, 15) is 4.79 Å². The molecule has 0 saturated carbocycles. The number of benzene rings is 1. The first kappa shape index (κ1) is 15.8. The number of carbonyl (C=O) groups is 1. The first-order valence-corrected chi connectivity index (χ1v) is 7.03. The minimum atomic E-state index is -0.720. The highest BCUT2D eigenvalue weighted by atomic mass is 35.5. The topological polar surface area (TPSA) is 70.1 Å². The van der Waals surface area contributed by atoms with Crippen molar-refractivity contribution in [3.63, 3.8) is 0 Å². The molecule has 0 fully saturated rings. The van der Waals surface area contributed by atoms with Crippen LogP contribution in [0, 0.1) is 0 Å². The highest BCUT2D eigenvalue weighted by molar-refractivity contribution is 6.35. The highest BCUT2D eigenvalue weighted by Gasteiger charge is 2.16. The number of methoxy groups -OCH3 is 1. The smallest absolute Gasteiger partial charge is 0.323 e. The molecule has 0 aliphatic rings. The lowest BCUT2D eigenvalue weighted by Gasteiger charge is -2.08. The molecule has 2 N–H and O–H groups in total. The van der Waals surface area contributed by atoms with Gasteiger partial charge < -0.3 is 15.0 Å². The second-order valence-corrected chi connectivity index (χ2v) is 5.39. The van der Waals surface area contributed by atoms with Crippen molar-refractivity contribution in [2.24, 2.45) is 5.73 Å². The number of nitrogens with zero attached hydrogens (tertiary/aromatic N) is 2. The maximum atomic E-state index is 11.3. The molecule has 1 heterocycles. The minimum Gasteiger partial charge on any atom is -0.468 e. The summed E-state index contributed by atoms with van der Waals surface area (Å²) in [6.07, 6.45) is 3.78. The quantitative estimate of drug-likeness (QED) is 0.855. The molecule has 0 spiro atoms. The van der Waals surface area contributed by atoms with Crippen molar-refractivity contribution in [1.29, 1.82) is 0 Å². The van der Waals surface area contributed by atoms with Gasteiger partial charge in [0.15, 0.2) is 0 Å². The number of rotatable bonds is 5. The molecule has 2 rings (SSSR count). The Morgan fingerprint density at radius 1 is 1.43 bits per heavy atom. The summed E-state index contributed by atoms with van der Waals surface area (Å²) in [5.41, 5.74) is 7.23. The number of esters is 1. The molecule has 0 amide bonds. The number of carbonyl (C=O) groups excluding carboxylic acids is 1. The van der Waals surface area contributed by atoms with Crippen LogP contribution in [-0.2, 0) is 22.5 Å². The summed E-state index contributed by atoms with van der Waals surface area (Å²) in [6.45, 7) is 0.499. The third kappa shape index (κ3) is 3.97. The van der Waals surface area contributed by atoms with Crippen molar-refractivity contribution < 1.29 is 9.53 Å². The average molecular weight is 328 g/mol. The first-order valence-electron chi connectivity index (χ1n) is 6.28. The largest absolute Gasteiger partial charge is 0.468 e. The standard InChI is InChI=1S/C14H15Cl2N3O2/c1-21-14(20)13(17)5-9-6-19(8-18-9)7-10-11(15)3-2-4-12(10)16/h2-4,6,8,13H,5,7,17H2,1H3/t13-/m0/s1. The Morgan fingerprint density at radius 2 is 2.10 bits per heavy atom. The number of hydrogen-bond donors (Lipinski definition) is 1. The van der Waals surface area contributed by atoms with E-state index < -0.39 is 12.0 Å². The number of hydrogen-bond acceptors (Lipinski definition) is 4. The van der Waals surface area contributed by atoms with Gasteiger partial charge in [0, 0.05) is 28.2 Å². The van der Waals surface area contributed by atoms with Gasteiger partial charge >= 0.3 is 5.97 Å². The molecule has 21 heavy (non-hydrogen) atoms. The predicted octanol–water partition coefficient (Wildman–Crippen LogP) is 2.28. The Morgan fingerprint density at radius 3 is 2.71 bits per heavy atom. The Hall–Kier alpha value is -1.56. The monoisotopic (exact) mass is 327 g/mol. The van der Waals surface area contributed by atoms with Crippen molar-refractivity contribution in [2.45, 2.75) is 19.0 Å². The van der Waals surface area contributed by atoms with Gasteiger partial charge in [0.25, 0.3) is 0 Å². The molecule has 2 aromatic rings. The van der Waals surface area contributed by atoms with E-state index in [0.717, 1.165) is 5.56 Å². The zero-order chi connectivity index (χ0) is 15.4. The van der Waals surface area contributed by atoms with Gasteiger partial charge in [0.2, 0.25) is 0 Å². The van der Waals surface area contributed by atoms with Crippen molar-refractivity contribution in [1.82, 2.24) is 9.55 Å². The summed E-state index contributed by atoms with van der Waals surface area (Å²) in [7, 11) is 1.31. The summed E-state index contributed by atoms with van der Waals surface area (Å²) in [5.74, 6) is -0.460. The lowest BCUT2D eigenvalue weighted by Crippen LogP contribution is -2.33. The highest BCUT2D eigenvalue weighted by Crippen LogP contribution is 2.25. The van der Waals surface area contributed by atoms with Gasteiger partial charge in [-0.1, -0.05) is 29.3 Å². The van der Waals surface area contributed by atoms with Gasteiger partial charge in [-0.2, -0.15) is 0 Å². The van der Waals surface area contributed by atoms with Crippen molar-refractivity contribution in [2.75, 3.05) is 7.11 Å². The normalized spacial score (nSPS) is 12.2. The Balaban J connectivity index is 2.08. The summed E-state index contributed by atoms with van der Waals surface area (Å²) in [4.78, 5) is 15.5. The van der Waals surface area contributed by atoms with Crippen LogP contribution in [-0.4, -0.2) is 28.7 Å². The zero-order valence-electron chi connectivity index (χ0n) is 11.4. The molecule has 112 valence electrons. The number of ether oxygens (including phenoxy) is 1. The fourth-order valence-electron chi connectivity index (χ4n) is 1.92. The molecule has 0 aliphatic carbocycles. The van der Waals surface area contributed by atoms with E-state index >= 15 is 0 Å². The summed E-state index contributed by atoms with van der Waals surface area (Å²) < 4.78 is 6.42. The number of halogens is 2. The van der Waals surface area contributed by atoms with E-state index in [2.05, 4.69) is 9.72 Å². The molecule has 0 unspecified atom stereocenters. The molecule has 1 aromatic carbocycles. The zero-order valence-corrected chi connectivity index (χ0v) is 12.9. The minimum absolute atomic E-state index is 0.315. The second-order valence-electron chi connectivity index (χ2n) is 4.57. The van der Waals surface area contributed by atoms with E-state index in [1.54, 1.807) is 24.5 Å². The van der Waals surface area contributed by atoms with Crippen molar-refractivity contribution in [3.05, 3.63) is 52.0 Å². The number of nitrogens with two attached hydrogens (primary N) is 1. The predicted molar refractivity (Wildman–Crippen MR) is 81.5 cm³/mol. The fourth-order valence-corrected chi connectivity index (χ4v) is 2.44. The van der Waals surface area contributed by atoms with Gasteiger partial charge in [-0.15, -0.1) is 0 Å². The molecule has 0 radical (unpaired) electrons. The molecular weight excluding hydrogens is 313 g/mol. The molecule has 0 aliphatic heterocycles. The summed E-state index contributed by atoms with van der Waals surface area (Å²) in [6, 6.07) is 4.65. The third-order valence-corrected chi connectivity index (χ3v) is 3.73. The number of imidazole rings is 1. The Bertz CT molecular complexity index is 623. The Kier molecular flexibility index (Phi) is 5.22. The van der Waals surface area contributed by atoms with Crippen LogP contribution in [0.25, 0.3) is 0 Å². The van der Waals surface area contributed by atoms with Crippen molar-refractivity contribution in [3.8, 4) is 0 Å². The van der Waals surface area contributed by atoms with Gasteiger partial charge in [0.1, 0.15) is 6.04 Å². The van der Waals surface area contributed by atoms with Crippen LogP contribution in [0.15, 0.2) is 30.7 Å². The summed E-state index contributed by atoms with van der Waals surface area (Å²) in [5, 5.41) is 1.20. The molecule has 1 aromatic heterocycles. The SMILES string of the molecule is COC(=O)[C@@H](N)Cc1cn(Cc2c(Cl)cccc2Cl)cn1. The van der Waals surface area contributed by atoms with Gasteiger partial charge in [0.05, 0.1) is 25.7 Å². The van der Waals surface area contributed by atoms with Crippen LogP contribution in [0.2, 0.25) is 10.0 Å². The van der Waals surface area contributed by atoms with Crippen LogP contribution in [0.3, 0.4) is 0 Å². The maximum Gasteiger partial charge on any atom is 0.323 e. The molecule has 0 bridgehead atoms. The van der Waals surface area contributed by atoms with Crippen LogP contribution < -0.4 is 5.73 Å². The third-order valence-electron chi connectivity index (χ3n) is 3.02. The molecule has 5 nitrogen and oxygen atoms in total. The van der Waals surface area contributed by atoms with Crippen molar-refractivity contribution >= 4 is 29.2 Å². The number of aromatic nitrogens is 2. The second kappa shape index (κ2) is 6.93. The van der Waals surface area contributed by atoms with Gasteiger partial charge in [-0.25, -0.2) is 4.98 Å². The van der Waals surface area contributed by atoms with Crippen LogP contribution in [0.4, 0.5) is 0 Å². The fraction of sp³-hybridized carbons (Fsp3) is 0.286. The van der Waals surface area contributed by atoms with Crippen LogP contribution in [0.1, 0.15) is 11.3 Å². The lowest BCUT2D eigenvalue weighted by atomic mass is 10.2. The van der Waals surface area contributed by atoms with E-state index in [1.165, 1.54) is 7.11 Å². The molecular formula is C14H15Cl2N3O2. The molecule has 7 heteroatoms. The van der Waals surface area contributed by atoms with E-state index in [0.29, 0.717) is 28.7 Å². The van der Waals surface area contributed by atoms with E-state index in [1.807, 2.05) is 10.8 Å². The van der Waals surface area contributed by atoms with Crippen LogP contribution >= 0.6 is 23.2 Å².